The second-order valence-corrected chi connectivity index (χ2v) is 7.44. The Kier molecular flexibility index (Phi) is 4.58. The monoisotopic (exact) mass is 359 g/mol. The maximum atomic E-state index is 6.07. The van der Waals surface area contributed by atoms with Gasteiger partial charge >= 0.3 is 0 Å². The maximum absolute atomic E-state index is 6.07. The highest BCUT2D eigenvalue weighted by Gasteiger charge is 2.47. The van der Waals surface area contributed by atoms with Crippen LogP contribution in [-0.4, -0.2) is 40.5 Å². The SMILES string of the molecule is CC(C)COC(C)c1noc(CN2CCC3(C2)Oc2ccccc2O3)n1. The molecule has 1 aromatic carbocycles. The summed E-state index contributed by atoms with van der Waals surface area (Å²) in [5, 5.41) is 4.06. The highest BCUT2D eigenvalue weighted by Crippen LogP contribution is 2.43. The van der Waals surface area contributed by atoms with Crippen molar-refractivity contribution in [2.24, 2.45) is 5.92 Å². The van der Waals surface area contributed by atoms with Gasteiger partial charge < -0.3 is 18.7 Å². The number of benzene rings is 1. The Labute approximate surface area is 153 Å². The van der Waals surface area contributed by atoms with Gasteiger partial charge in [-0.05, 0) is 25.0 Å². The first-order chi connectivity index (χ1) is 12.5. The number of hydrogen-bond acceptors (Lipinski definition) is 7. The van der Waals surface area contributed by atoms with Gasteiger partial charge in [-0.3, -0.25) is 4.90 Å². The first-order valence-corrected chi connectivity index (χ1v) is 9.16. The molecule has 2 aliphatic heterocycles. The second kappa shape index (κ2) is 6.89. The maximum Gasteiger partial charge on any atom is 0.265 e. The van der Waals surface area contributed by atoms with Crippen molar-refractivity contribution in [2.45, 2.75) is 45.6 Å². The van der Waals surface area contributed by atoms with Crippen LogP contribution in [0.2, 0.25) is 0 Å². The summed E-state index contributed by atoms with van der Waals surface area (Å²) in [6, 6.07) is 7.79. The van der Waals surface area contributed by atoms with Crippen LogP contribution in [0.3, 0.4) is 0 Å². The van der Waals surface area contributed by atoms with E-state index in [1.807, 2.05) is 31.2 Å². The number of para-hydroxylation sites is 2. The molecule has 4 rings (SSSR count). The molecule has 7 nitrogen and oxygen atoms in total. The molecule has 0 bridgehead atoms. The average molecular weight is 359 g/mol. The Bertz CT molecular complexity index is 736. The summed E-state index contributed by atoms with van der Waals surface area (Å²) in [6.07, 6.45) is 0.632. The molecule has 1 unspecified atom stereocenters. The number of likely N-dealkylation sites (tertiary alicyclic amines) is 1. The van der Waals surface area contributed by atoms with Crippen molar-refractivity contribution in [3.05, 3.63) is 36.0 Å². The molecule has 0 amide bonds. The molecule has 2 aromatic rings. The molecule has 0 aliphatic carbocycles. The molecule has 0 saturated carbocycles. The van der Waals surface area contributed by atoms with Gasteiger partial charge in [-0.25, -0.2) is 0 Å². The fourth-order valence-electron chi connectivity index (χ4n) is 3.27. The molecule has 1 fully saturated rings. The van der Waals surface area contributed by atoms with Crippen LogP contribution >= 0.6 is 0 Å². The third-order valence-electron chi connectivity index (χ3n) is 4.60. The summed E-state index contributed by atoms with van der Waals surface area (Å²) >= 11 is 0. The molecule has 1 spiro atoms. The molecular weight excluding hydrogens is 334 g/mol. The van der Waals surface area contributed by atoms with Crippen molar-refractivity contribution in [1.29, 1.82) is 0 Å². The summed E-state index contributed by atoms with van der Waals surface area (Å²) in [7, 11) is 0. The van der Waals surface area contributed by atoms with Gasteiger partial charge in [0.2, 0.25) is 5.89 Å². The molecule has 7 heteroatoms. The van der Waals surface area contributed by atoms with Crippen molar-refractivity contribution in [3.8, 4) is 11.5 Å². The molecular formula is C19H25N3O4. The van der Waals surface area contributed by atoms with Crippen molar-refractivity contribution in [3.63, 3.8) is 0 Å². The van der Waals surface area contributed by atoms with Gasteiger partial charge in [-0.1, -0.05) is 31.1 Å². The Balaban J connectivity index is 1.34. The summed E-state index contributed by atoms with van der Waals surface area (Å²) in [5.74, 6) is 2.68. The van der Waals surface area contributed by atoms with Crippen molar-refractivity contribution < 1.29 is 18.7 Å². The zero-order valence-electron chi connectivity index (χ0n) is 15.5. The Hall–Kier alpha value is -2.12. The lowest BCUT2D eigenvalue weighted by Gasteiger charge is -2.22. The molecule has 2 aliphatic rings. The summed E-state index contributed by atoms with van der Waals surface area (Å²) in [6.45, 7) is 8.94. The van der Waals surface area contributed by atoms with Crippen LogP contribution < -0.4 is 9.47 Å². The minimum Gasteiger partial charge on any atom is -0.447 e. The third kappa shape index (κ3) is 3.54. The van der Waals surface area contributed by atoms with Crippen LogP contribution in [0.1, 0.15) is 45.0 Å². The zero-order chi connectivity index (χ0) is 18.1. The lowest BCUT2D eigenvalue weighted by molar-refractivity contribution is -0.0681. The van der Waals surface area contributed by atoms with E-state index in [1.54, 1.807) is 0 Å². The first kappa shape index (κ1) is 17.3. The van der Waals surface area contributed by atoms with Gasteiger partial charge in [0.15, 0.2) is 17.3 Å². The predicted octanol–water partition coefficient (Wildman–Crippen LogP) is 3.18. The molecule has 26 heavy (non-hydrogen) atoms. The molecule has 140 valence electrons. The Morgan fingerprint density at radius 1 is 1.19 bits per heavy atom. The first-order valence-electron chi connectivity index (χ1n) is 9.16. The minimum absolute atomic E-state index is 0.171. The van der Waals surface area contributed by atoms with Gasteiger partial charge in [0.05, 0.1) is 13.1 Å². The van der Waals surface area contributed by atoms with Gasteiger partial charge in [0.25, 0.3) is 5.79 Å². The van der Waals surface area contributed by atoms with Crippen LogP contribution in [0.25, 0.3) is 0 Å². The van der Waals surface area contributed by atoms with Crippen LogP contribution in [-0.2, 0) is 11.3 Å². The number of hydrogen-bond donors (Lipinski definition) is 0. The van der Waals surface area contributed by atoms with Crippen molar-refractivity contribution in [1.82, 2.24) is 15.0 Å². The van der Waals surface area contributed by atoms with E-state index < -0.39 is 5.79 Å². The highest BCUT2D eigenvalue weighted by molar-refractivity contribution is 5.43. The average Bonchev–Trinajstić information content (AvgIpc) is 3.31. The predicted molar refractivity (Wildman–Crippen MR) is 93.8 cm³/mol. The highest BCUT2D eigenvalue weighted by atomic mass is 16.7. The van der Waals surface area contributed by atoms with Crippen molar-refractivity contribution >= 4 is 0 Å². The number of aromatic nitrogens is 2. The second-order valence-electron chi connectivity index (χ2n) is 7.44. The van der Waals surface area contributed by atoms with E-state index in [2.05, 4.69) is 28.9 Å². The standard InChI is InChI=1S/C19H25N3O4/c1-13(2)11-23-14(3)18-20-17(26-21-18)10-22-9-8-19(12-22)24-15-6-4-5-7-16(15)25-19/h4-7,13-14H,8-12H2,1-3H3. The molecule has 1 aromatic heterocycles. The van der Waals surface area contributed by atoms with Crippen LogP contribution in [0.4, 0.5) is 0 Å². The van der Waals surface area contributed by atoms with Gasteiger partial charge in [-0.2, -0.15) is 4.98 Å². The molecule has 3 heterocycles. The molecule has 1 atom stereocenters. The lowest BCUT2D eigenvalue weighted by Crippen LogP contribution is -2.41. The largest absolute Gasteiger partial charge is 0.447 e. The van der Waals surface area contributed by atoms with Gasteiger partial charge in [0, 0.05) is 19.6 Å². The van der Waals surface area contributed by atoms with E-state index >= 15 is 0 Å². The molecule has 0 radical (unpaired) electrons. The fourth-order valence-corrected chi connectivity index (χ4v) is 3.27. The fraction of sp³-hybridized carbons (Fsp3) is 0.579. The van der Waals surface area contributed by atoms with E-state index in [9.17, 15) is 0 Å². The van der Waals surface area contributed by atoms with E-state index in [4.69, 9.17) is 18.7 Å². The number of ether oxygens (including phenoxy) is 3. The van der Waals surface area contributed by atoms with Crippen molar-refractivity contribution in [2.75, 3.05) is 19.7 Å². The third-order valence-corrected chi connectivity index (χ3v) is 4.60. The summed E-state index contributed by atoms with van der Waals surface area (Å²) < 4.78 is 23.3. The van der Waals surface area contributed by atoms with E-state index in [0.29, 0.717) is 37.3 Å². The number of nitrogens with zero attached hydrogens (tertiary/aromatic N) is 3. The number of rotatable bonds is 6. The van der Waals surface area contributed by atoms with Crippen LogP contribution in [0, 0.1) is 5.92 Å². The smallest absolute Gasteiger partial charge is 0.265 e. The van der Waals surface area contributed by atoms with E-state index in [1.165, 1.54) is 0 Å². The van der Waals surface area contributed by atoms with E-state index in [0.717, 1.165) is 24.5 Å². The van der Waals surface area contributed by atoms with E-state index in [-0.39, 0.29) is 6.10 Å². The lowest BCUT2D eigenvalue weighted by atomic mass is 10.2. The topological polar surface area (TPSA) is 69.9 Å². The normalized spacial score (nSPS) is 19.5. The summed E-state index contributed by atoms with van der Waals surface area (Å²) in [5.41, 5.74) is 0. The number of fused-ring (bicyclic) bond motifs is 1. The van der Waals surface area contributed by atoms with Crippen LogP contribution in [0.15, 0.2) is 28.8 Å². The molecule has 0 N–H and O–H groups in total. The quantitative estimate of drug-likeness (QED) is 0.784. The summed E-state index contributed by atoms with van der Waals surface area (Å²) in [4.78, 5) is 6.69. The zero-order valence-corrected chi connectivity index (χ0v) is 15.5. The van der Waals surface area contributed by atoms with Gasteiger partial charge in [-0.15, -0.1) is 0 Å². The molecule has 1 saturated heterocycles. The van der Waals surface area contributed by atoms with Crippen LogP contribution in [0.5, 0.6) is 11.5 Å². The Morgan fingerprint density at radius 2 is 1.92 bits per heavy atom. The van der Waals surface area contributed by atoms with Gasteiger partial charge in [0.1, 0.15) is 6.10 Å². The Morgan fingerprint density at radius 3 is 2.62 bits per heavy atom. The minimum atomic E-state index is -0.597.